The lowest BCUT2D eigenvalue weighted by Crippen LogP contribution is -2.48. The maximum absolute atomic E-state index is 12.3. The molecule has 0 radical (unpaired) electrons. The zero-order valence-corrected chi connectivity index (χ0v) is 13.7. The number of carboxylic acid groups (broad SMARTS) is 2. The molecular formula is C16H24O7. The minimum atomic E-state index is -2.54. The van der Waals surface area contributed by atoms with Crippen LogP contribution in [-0.4, -0.2) is 44.9 Å². The minimum absolute atomic E-state index is 0.0182. The predicted molar refractivity (Wildman–Crippen MR) is 78.6 cm³/mol. The summed E-state index contributed by atoms with van der Waals surface area (Å²) in [5.74, 6) is -3.66. The van der Waals surface area contributed by atoms with E-state index in [0.29, 0.717) is 12.3 Å². The summed E-state index contributed by atoms with van der Waals surface area (Å²) in [6.07, 6.45) is 0.178. The molecule has 2 saturated carbocycles. The van der Waals surface area contributed by atoms with Crippen LogP contribution in [0, 0.1) is 16.7 Å². The van der Waals surface area contributed by atoms with Gasteiger partial charge in [0.05, 0.1) is 12.8 Å². The van der Waals surface area contributed by atoms with E-state index in [2.05, 4.69) is 13.8 Å². The van der Waals surface area contributed by atoms with Gasteiger partial charge in [0.2, 0.25) is 0 Å². The van der Waals surface area contributed by atoms with Gasteiger partial charge >= 0.3 is 17.9 Å². The largest absolute Gasteiger partial charge is 0.481 e. The third-order valence-corrected chi connectivity index (χ3v) is 6.23. The number of carboxylic acids is 2. The molecule has 0 aliphatic heterocycles. The smallest absolute Gasteiger partial charge is 0.339 e. The van der Waals surface area contributed by atoms with Gasteiger partial charge in [-0.05, 0) is 30.6 Å². The van der Waals surface area contributed by atoms with Gasteiger partial charge < -0.3 is 20.1 Å². The Balaban J connectivity index is 2.17. The van der Waals surface area contributed by atoms with Crippen molar-refractivity contribution in [2.24, 2.45) is 16.7 Å². The Labute approximate surface area is 134 Å². The molecule has 2 rings (SSSR count). The fourth-order valence-corrected chi connectivity index (χ4v) is 4.25. The average Bonchev–Trinajstić information content (AvgIpc) is 2.69. The maximum atomic E-state index is 12.3. The van der Waals surface area contributed by atoms with Crippen molar-refractivity contribution in [1.29, 1.82) is 0 Å². The Morgan fingerprint density at radius 2 is 1.65 bits per heavy atom. The first kappa shape index (κ1) is 17.7. The molecule has 3 N–H and O–H groups in total. The Bertz CT molecular complexity index is 523. The molecule has 7 heteroatoms. The van der Waals surface area contributed by atoms with Crippen molar-refractivity contribution in [3.8, 4) is 0 Å². The Hall–Kier alpha value is -1.63. The lowest BCUT2D eigenvalue weighted by molar-refractivity contribution is -0.185. The molecule has 3 atom stereocenters. The molecule has 0 heterocycles. The van der Waals surface area contributed by atoms with Gasteiger partial charge in [0.25, 0.3) is 0 Å². The molecular weight excluding hydrogens is 304 g/mol. The average molecular weight is 328 g/mol. The number of carbonyl (C=O) groups is 3. The molecule has 7 nitrogen and oxygen atoms in total. The molecule has 130 valence electrons. The van der Waals surface area contributed by atoms with Gasteiger partial charge in [-0.15, -0.1) is 0 Å². The first-order chi connectivity index (χ1) is 10.4. The standard InChI is InChI=1S/C16H24O7/c1-14(2)9-4-5-15(14,3)10(6-9)23-13(21)16(22,7-11(17)18)8-12(19)20/h9-10,22H,4-8H2,1-3H3,(H,17,18)(H,19,20)/t9-,10-,15-/m0/s1. The summed E-state index contributed by atoms with van der Waals surface area (Å²) in [7, 11) is 0. The highest BCUT2D eigenvalue weighted by Crippen LogP contribution is 2.66. The second-order valence-electron chi connectivity index (χ2n) is 7.68. The number of fused-ring (bicyclic) bond motifs is 2. The van der Waals surface area contributed by atoms with Gasteiger partial charge in [-0.1, -0.05) is 20.8 Å². The third kappa shape index (κ3) is 2.82. The van der Waals surface area contributed by atoms with Gasteiger partial charge in [0.15, 0.2) is 5.60 Å². The number of aliphatic carboxylic acids is 2. The Morgan fingerprint density at radius 1 is 1.13 bits per heavy atom. The van der Waals surface area contributed by atoms with Crippen molar-refractivity contribution in [2.45, 2.75) is 64.6 Å². The monoisotopic (exact) mass is 328 g/mol. The van der Waals surface area contributed by atoms with Crippen molar-refractivity contribution in [3.05, 3.63) is 0 Å². The molecule has 2 fully saturated rings. The summed E-state index contributed by atoms with van der Waals surface area (Å²) >= 11 is 0. The number of ether oxygens (including phenoxy) is 1. The molecule has 0 aromatic rings. The zero-order chi connectivity index (χ0) is 17.6. The Morgan fingerprint density at radius 3 is 2.00 bits per heavy atom. The van der Waals surface area contributed by atoms with Crippen LogP contribution in [0.2, 0.25) is 0 Å². The normalized spacial score (nSPS) is 31.8. The minimum Gasteiger partial charge on any atom is -0.481 e. The molecule has 0 spiro atoms. The molecule has 0 saturated heterocycles. The van der Waals surface area contributed by atoms with E-state index >= 15 is 0 Å². The van der Waals surface area contributed by atoms with E-state index < -0.39 is 42.5 Å². The van der Waals surface area contributed by atoms with Gasteiger partial charge in [0, 0.05) is 5.41 Å². The van der Waals surface area contributed by atoms with E-state index in [1.165, 1.54) is 0 Å². The number of rotatable bonds is 6. The summed E-state index contributed by atoms with van der Waals surface area (Å²) in [6, 6.07) is 0. The molecule has 0 amide bonds. The molecule has 2 aliphatic rings. The van der Waals surface area contributed by atoms with Crippen molar-refractivity contribution in [1.82, 2.24) is 0 Å². The van der Waals surface area contributed by atoms with Crippen molar-refractivity contribution < 1.29 is 34.4 Å². The molecule has 0 aromatic heterocycles. The van der Waals surface area contributed by atoms with Crippen LogP contribution < -0.4 is 0 Å². The highest BCUT2D eigenvalue weighted by molar-refractivity contribution is 5.89. The van der Waals surface area contributed by atoms with Crippen LogP contribution >= 0.6 is 0 Å². The van der Waals surface area contributed by atoms with Gasteiger partial charge in [-0.25, -0.2) is 4.79 Å². The van der Waals surface area contributed by atoms with Crippen molar-refractivity contribution in [3.63, 3.8) is 0 Å². The fraction of sp³-hybridized carbons (Fsp3) is 0.812. The highest BCUT2D eigenvalue weighted by Gasteiger charge is 2.63. The summed E-state index contributed by atoms with van der Waals surface area (Å²) in [5.41, 5.74) is -2.81. The quantitative estimate of drug-likeness (QED) is 0.630. The van der Waals surface area contributed by atoms with E-state index in [0.717, 1.165) is 12.8 Å². The van der Waals surface area contributed by atoms with Crippen LogP contribution in [0.3, 0.4) is 0 Å². The summed E-state index contributed by atoms with van der Waals surface area (Å²) in [4.78, 5) is 34.1. The Kier molecular flexibility index (Phi) is 4.22. The predicted octanol–water partition coefficient (Wildman–Crippen LogP) is 1.42. The molecule has 0 unspecified atom stereocenters. The number of carbonyl (C=O) groups excluding carboxylic acids is 1. The number of aliphatic hydroxyl groups is 1. The summed E-state index contributed by atoms with van der Waals surface area (Å²) in [6.45, 7) is 6.28. The van der Waals surface area contributed by atoms with Gasteiger partial charge in [-0.2, -0.15) is 0 Å². The molecule has 2 aliphatic carbocycles. The number of hydrogen-bond acceptors (Lipinski definition) is 5. The van der Waals surface area contributed by atoms with Crippen LogP contribution in [-0.2, 0) is 19.1 Å². The summed E-state index contributed by atoms with van der Waals surface area (Å²) in [5, 5.41) is 27.9. The van der Waals surface area contributed by atoms with Crippen molar-refractivity contribution in [2.75, 3.05) is 0 Å². The van der Waals surface area contributed by atoms with E-state index in [1.54, 1.807) is 0 Å². The first-order valence-electron chi connectivity index (χ1n) is 7.79. The fourth-order valence-electron chi connectivity index (χ4n) is 4.25. The second-order valence-corrected chi connectivity index (χ2v) is 7.68. The molecule has 23 heavy (non-hydrogen) atoms. The van der Waals surface area contributed by atoms with Crippen LogP contribution in [0.1, 0.15) is 52.9 Å². The second kappa shape index (κ2) is 5.47. The topological polar surface area (TPSA) is 121 Å². The van der Waals surface area contributed by atoms with Crippen molar-refractivity contribution >= 4 is 17.9 Å². The van der Waals surface area contributed by atoms with E-state index in [9.17, 15) is 19.5 Å². The van der Waals surface area contributed by atoms with Gasteiger partial charge in [-0.3, -0.25) is 9.59 Å². The SMILES string of the molecule is CC1(C)[C@H]2CC[C@@]1(C)[C@@H](OC(=O)C(O)(CC(=O)O)CC(=O)O)C2. The lowest BCUT2D eigenvalue weighted by atomic mass is 9.70. The summed E-state index contributed by atoms with van der Waals surface area (Å²) < 4.78 is 5.44. The maximum Gasteiger partial charge on any atom is 0.339 e. The first-order valence-corrected chi connectivity index (χ1v) is 7.79. The van der Waals surface area contributed by atoms with Crippen LogP contribution in [0.4, 0.5) is 0 Å². The van der Waals surface area contributed by atoms with Crippen LogP contribution in [0.5, 0.6) is 0 Å². The van der Waals surface area contributed by atoms with Crippen LogP contribution in [0.25, 0.3) is 0 Å². The number of hydrogen-bond donors (Lipinski definition) is 3. The zero-order valence-electron chi connectivity index (χ0n) is 13.7. The molecule has 2 bridgehead atoms. The highest BCUT2D eigenvalue weighted by atomic mass is 16.6. The van der Waals surface area contributed by atoms with E-state index in [4.69, 9.17) is 14.9 Å². The van der Waals surface area contributed by atoms with Gasteiger partial charge in [0.1, 0.15) is 6.10 Å². The van der Waals surface area contributed by atoms with Crippen LogP contribution in [0.15, 0.2) is 0 Å². The number of esters is 1. The molecule has 0 aromatic carbocycles. The van der Waals surface area contributed by atoms with E-state index in [1.807, 2.05) is 6.92 Å². The van der Waals surface area contributed by atoms with E-state index in [-0.39, 0.29) is 10.8 Å². The lowest BCUT2D eigenvalue weighted by Gasteiger charge is -2.39. The third-order valence-electron chi connectivity index (χ3n) is 6.23.